The van der Waals surface area contributed by atoms with Gasteiger partial charge in [0.1, 0.15) is 5.72 Å². The molecule has 0 radical (unpaired) electrons. The minimum absolute atomic E-state index is 0.476. The van der Waals surface area contributed by atoms with Crippen LogP contribution in [0.1, 0.15) is 20.3 Å². The number of hydrogen-bond acceptors (Lipinski definition) is 4. The Kier molecular flexibility index (Phi) is 6.58. The highest BCUT2D eigenvalue weighted by Crippen LogP contribution is 2.03. The van der Waals surface area contributed by atoms with E-state index in [-0.39, 0.29) is 0 Å². The lowest BCUT2D eigenvalue weighted by molar-refractivity contribution is -0.0580. The van der Waals surface area contributed by atoms with Crippen LogP contribution in [-0.2, 0) is 0 Å². The maximum absolute atomic E-state index is 8.82. The molecule has 0 aromatic heterocycles. The maximum atomic E-state index is 8.82. The maximum Gasteiger partial charge on any atom is 0.503 e. The molecule has 0 saturated heterocycles. The number of aliphatic hydroxyl groups excluding tert-OH is 1. The van der Waals surface area contributed by atoms with Gasteiger partial charge < -0.3 is 26.2 Å². The Balaban J connectivity index is 0. The summed E-state index contributed by atoms with van der Waals surface area (Å²) < 4.78 is 0. The molecule has 0 bridgehead atoms. The molecular formula is C6H15NO5. The molecule has 0 fully saturated rings. The molecule has 6 heteroatoms. The van der Waals surface area contributed by atoms with Gasteiger partial charge >= 0.3 is 6.16 Å². The largest absolute Gasteiger partial charge is 0.503 e. The Hall–Kier alpha value is -0.850. The van der Waals surface area contributed by atoms with Gasteiger partial charge in [0, 0.05) is 0 Å². The normalized spacial score (nSPS) is 16.8. The van der Waals surface area contributed by atoms with E-state index in [1.54, 1.807) is 6.92 Å². The van der Waals surface area contributed by atoms with Gasteiger partial charge in [-0.2, -0.15) is 0 Å². The molecule has 0 saturated carbocycles. The lowest BCUT2D eigenvalue weighted by atomic mass is 10.1. The third kappa shape index (κ3) is 11.9. The van der Waals surface area contributed by atoms with Crippen molar-refractivity contribution in [3.8, 4) is 0 Å². The number of carboxylic acid groups (broad SMARTS) is 2. The van der Waals surface area contributed by atoms with Crippen LogP contribution in [0.15, 0.2) is 0 Å². The Morgan fingerprint density at radius 1 is 1.58 bits per heavy atom. The fraction of sp³-hybridized carbons (Fsp3) is 0.833. The number of rotatable bonds is 2. The molecule has 12 heavy (non-hydrogen) atoms. The summed E-state index contributed by atoms with van der Waals surface area (Å²) in [6, 6.07) is 0. The van der Waals surface area contributed by atoms with Gasteiger partial charge in [-0.3, -0.25) is 0 Å². The van der Waals surface area contributed by atoms with E-state index in [0.29, 0.717) is 6.42 Å². The van der Waals surface area contributed by atoms with Gasteiger partial charge in [-0.05, 0) is 13.3 Å². The third-order valence-corrected chi connectivity index (χ3v) is 1.06. The van der Waals surface area contributed by atoms with Gasteiger partial charge in [-0.15, -0.1) is 0 Å². The van der Waals surface area contributed by atoms with Crippen molar-refractivity contribution in [3.63, 3.8) is 0 Å². The Morgan fingerprint density at radius 3 is 1.83 bits per heavy atom. The molecular weight excluding hydrogens is 166 g/mol. The Labute approximate surface area is 70.2 Å². The zero-order valence-electron chi connectivity index (χ0n) is 7.06. The van der Waals surface area contributed by atoms with E-state index >= 15 is 0 Å². The van der Waals surface area contributed by atoms with Gasteiger partial charge in [-0.1, -0.05) is 6.92 Å². The number of hydrogen-bond donors (Lipinski definition) is 5. The van der Waals surface area contributed by atoms with Crippen LogP contribution in [0.2, 0.25) is 0 Å². The molecule has 0 spiro atoms. The van der Waals surface area contributed by atoms with E-state index in [4.69, 9.17) is 31.0 Å². The van der Waals surface area contributed by atoms with Gasteiger partial charge in [0.25, 0.3) is 0 Å². The van der Waals surface area contributed by atoms with Gasteiger partial charge in [0.15, 0.2) is 0 Å². The summed E-state index contributed by atoms with van der Waals surface area (Å²) in [4.78, 5) is 8.56. The minimum Gasteiger partial charge on any atom is -0.450 e. The first-order chi connectivity index (χ1) is 5.21. The van der Waals surface area contributed by atoms with E-state index in [9.17, 15) is 0 Å². The van der Waals surface area contributed by atoms with Crippen LogP contribution in [-0.4, -0.2) is 38.4 Å². The van der Waals surface area contributed by atoms with Gasteiger partial charge in [-0.25, -0.2) is 4.79 Å². The fourth-order valence-electron chi connectivity index (χ4n) is 0.413. The first kappa shape index (κ1) is 13.7. The quantitative estimate of drug-likeness (QED) is 0.371. The van der Waals surface area contributed by atoms with Crippen LogP contribution in [0.3, 0.4) is 0 Å². The Morgan fingerprint density at radius 2 is 1.83 bits per heavy atom. The van der Waals surface area contributed by atoms with Crippen molar-refractivity contribution in [1.82, 2.24) is 0 Å². The van der Waals surface area contributed by atoms with Crippen LogP contribution in [0.4, 0.5) is 4.79 Å². The van der Waals surface area contributed by atoms with E-state index < -0.39 is 18.0 Å². The van der Waals surface area contributed by atoms with Crippen molar-refractivity contribution in [2.75, 3.05) is 0 Å². The van der Waals surface area contributed by atoms with E-state index in [1.165, 1.54) is 6.92 Å². The molecule has 0 aromatic carbocycles. The van der Waals surface area contributed by atoms with Crippen LogP contribution in [0, 0.1) is 0 Å². The number of nitrogens with two attached hydrogens (primary N) is 1. The average molecular weight is 181 g/mol. The average Bonchev–Trinajstić information content (AvgIpc) is 1.82. The molecule has 74 valence electrons. The van der Waals surface area contributed by atoms with E-state index in [1.807, 2.05) is 0 Å². The summed E-state index contributed by atoms with van der Waals surface area (Å²) >= 11 is 0. The van der Waals surface area contributed by atoms with Crippen LogP contribution < -0.4 is 5.73 Å². The lowest BCUT2D eigenvalue weighted by Crippen LogP contribution is -2.47. The SMILES string of the molecule is CCC(O)C(C)(N)O.O=C(O)O. The number of carbonyl (C=O) groups is 1. The summed E-state index contributed by atoms with van der Waals surface area (Å²) in [5, 5.41) is 31.6. The second kappa shape index (κ2) is 5.76. The van der Waals surface area contributed by atoms with Crippen molar-refractivity contribution >= 4 is 6.16 Å². The Bertz CT molecular complexity index is 126. The summed E-state index contributed by atoms with van der Waals surface area (Å²) in [6.07, 6.45) is -2.17. The second-order valence-electron chi connectivity index (χ2n) is 2.43. The standard InChI is InChI=1S/C5H13NO2.CH2O3/c1-3-4(7)5(2,6)8;2-1(3)4/h4,7-8H,3,6H2,1-2H3;(H2,2,3,4). The van der Waals surface area contributed by atoms with Crippen molar-refractivity contribution < 1.29 is 25.2 Å². The van der Waals surface area contributed by atoms with Gasteiger partial charge in [0.05, 0.1) is 6.10 Å². The van der Waals surface area contributed by atoms with Crippen molar-refractivity contribution in [3.05, 3.63) is 0 Å². The molecule has 0 heterocycles. The zero-order valence-corrected chi connectivity index (χ0v) is 7.06. The smallest absolute Gasteiger partial charge is 0.450 e. The summed E-state index contributed by atoms with van der Waals surface area (Å²) in [5.41, 5.74) is 3.66. The highest BCUT2D eigenvalue weighted by atomic mass is 16.6. The van der Waals surface area contributed by atoms with E-state index in [0.717, 1.165) is 0 Å². The summed E-state index contributed by atoms with van der Waals surface area (Å²) in [7, 11) is 0. The topological polar surface area (TPSA) is 124 Å². The van der Waals surface area contributed by atoms with Crippen LogP contribution in [0.25, 0.3) is 0 Å². The van der Waals surface area contributed by atoms with Gasteiger partial charge in [0.2, 0.25) is 0 Å². The van der Waals surface area contributed by atoms with Crippen molar-refractivity contribution in [2.24, 2.45) is 5.73 Å². The highest BCUT2D eigenvalue weighted by Gasteiger charge is 2.22. The third-order valence-electron chi connectivity index (χ3n) is 1.06. The van der Waals surface area contributed by atoms with Crippen LogP contribution in [0.5, 0.6) is 0 Å². The molecule has 0 aromatic rings. The monoisotopic (exact) mass is 181 g/mol. The van der Waals surface area contributed by atoms with Crippen molar-refractivity contribution in [2.45, 2.75) is 32.1 Å². The second-order valence-corrected chi connectivity index (χ2v) is 2.43. The van der Waals surface area contributed by atoms with Crippen molar-refractivity contribution in [1.29, 1.82) is 0 Å². The first-order valence-corrected chi connectivity index (χ1v) is 3.33. The van der Waals surface area contributed by atoms with Crippen LogP contribution >= 0.6 is 0 Å². The zero-order chi connectivity index (χ0) is 10.4. The molecule has 2 atom stereocenters. The number of aliphatic hydroxyl groups is 2. The first-order valence-electron chi connectivity index (χ1n) is 3.33. The molecule has 0 aliphatic rings. The molecule has 0 aliphatic heterocycles. The molecule has 0 rings (SSSR count). The van der Waals surface area contributed by atoms with E-state index in [2.05, 4.69) is 0 Å². The molecule has 0 aliphatic carbocycles. The molecule has 0 amide bonds. The predicted octanol–water partition coefficient (Wildman–Crippen LogP) is -0.353. The fourth-order valence-corrected chi connectivity index (χ4v) is 0.413. The minimum atomic E-state index is -1.83. The molecule has 6 nitrogen and oxygen atoms in total. The lowest BCUT2D eigenvalue weighted by Gasteiger charge is -2.22. The summed E-state index contributed by atoms with van der Waals surface area (Å²) in [5.74, 6) is 0. The highest BCUT2D eigenvalue weighted by molar-refractivity contribution is 5.53. The molecule has 2 unspecified atom stereocenters. The molecule has 6 N–H and O–H groups in total. The predicted molar refractivity (Wildman–Crippen MR) is 41.8 cm³/mol. The summed E-state index contributed by atoms with van der Waals surface area (Å²) in [6.45, 7) is 3.13.